The number of ether oxygens (including phenoxy) is 2. The average molecular weight is 355 g/mol. The molecule has 1 N–H and O–H groups in total. The van der Waals surface area contributed by atoms with Gasteiger partial charge in [-0.05, 0) is 25.3 Å². The number of benzene rings is 1. The van der Waals surface area contributed by atoms with Crippen molar-refractivity contribution in [2.24, 2.45) is 16.8 Å². The third-order valence-electron chi connectivity index (χ3n) is 7.23. The topological polar surface area (TPSA) is 46.1 Å². The molecule has 3 saturated heterocycles. The molecule has 26 heavy (non-hydrogen) atoms. The van der Waals surface area contributed by atoms with E-state index in [0.29, 0.717) is 30.1 Å². The van der Waals surface area contributed by atoms with Crippen LogP contribution in [0.5, 0.6) is 5.75 Å². The lowest BCUT2D eigenvalue weighted by Crippen LogP contribution is -2.43. The number of rotatable bonds is 3. The van der Waals surface area contributed by atoms with Crippen molar-refractivity contribution in [2.45, 2.75) is 49.9 Å². The third-order valence-corrected chi connectivity index (χ3v) is 7.23. The normalized spacial score (nSPS) is 40.7. The summed E-state index contributed by atoms with van der Waals surface area (Å²) in [5, 5.41) is 3.74. The van der Waals surface area contributed by atoms with E-state index in [1.807, 2.05) is 13.1 Å². The molecule has 140 valence electrons. The third kappa shape index (κ3) is 2.36. The van der Waals surface area contributed by atoms with Gasteiger partial charge in [0.1, 0.15) is 5.75 Å². The Hall–Kier alpha value is -1.75. The van der Waals surface area contributed by atoms with Crippen LogP contribution in [0.15, 0.2) is 29.3 Å². The standard InChI is InChI=1S/C21H29N3O2/c1-21(15-6-4-5-7-18(15)25-3)10-19(21)23-20(22-2)24-11-13-14(12-24)17-9-8-16(13)26-17/h4-7,13-14,16-17,19H,8-12H2,1-3H3,(H,22,23). The zero-order valence-electron chi connectivity index (χ0n) is 15.9. The van der Waals surface area contributed by atoms with Gasteiger partial charge in [-0.2, -0.15) is 0 Å². The second-order valence-electron chi connectivity index (χ2n) is 8.59. The lowest BCUT2D eigenvalue weighted by molar-refractivity contribution is 0.0767. The summed E-state index contributed by atoms with van der Waals surface area (Å²) in [5.74, 6) is 3.44. The summed E-state index contributed by atoms with van der Waals surface area (Å²) in [7, 11) is 3.66. The Labute approximate surface area is 155 Å². The predicted molar refractivity (Wildman–Crippen MR) is 102 cm³/mol. The van der Waals surface area contributed by atoms with Crippen LogP contribution in [0.25, 0.3) is 0 Å². The molecule has 2 bridgehead atoms. The molecule has 5 heteroatoms. The fourth-order valence-electron chi connectivity index (χ4n) is 5.58. The number of hydrogen-bond acceptors (Lipinski definition) is 3. The van der Waals surface area contributed by atoms with Gasteiger partial charge < -0.3 is 19.7 Å². The number of methoxy groups -OCH3 is 1. The second-order valence-corrected chi connectivity index (χ2v) is 8.59. The van der Waals surface area contributed by atoms with Gasteiger partial charge in [0.15, 0.2) is 5.96 Å². The lowest BCUT2D eigenvalue weighted by atomic mass is 9.82. The van der Waals surface area contributed by atoms with Gasteiger partial charge in [0.05, 0.1) is 19.3 Å². The van der Waals surface area contributed by atoms with Crippen LogP contribution in [0.3, 0.4) is 0 Å². The Balaban J connectivity index is 1.28. The van der Waals surface area contributed by atoms with Gasteiger partial charge in [-0.1, -0.05) is 25.1 Å². The first-order valence-corrected chi connectivity index (χ1v) is 9.91. The number of guanidine groups is 1. The number of nitrogens with one attached hydrogen (secondary N) is 1. The van der Waals surface area contributed by atoms with Crippen molar-refractivity contribution >= 4 is 5.96 Å². The molecule has 0 aromatic heterocycles. The average Bonchev–Trinajstić information content (AvgIpc) is 3.10. The van der Waals surface area contributed by atoms with Crippen LogP contribution in [-0.4, -0.2) is 56.4 Å². The van der Waals surface area contributed by atoms with Crippen molar-refractivity contribution in [1.29, 1.82) is 0 Å². The van der Waals surface area contributed by atoms with Crippen LogP contribution in [0.2, 0.25) is 0 Å². The van der Waals surface area contributed by atoms with Crippen LogP contribution in [-0.2, 0) is 10.2 Å². The summed E-state index contributed by atoms with van der Waals surface area (Å²) in [6.45, 7) is 4.50. The Morgan fingerprint density at radius 3 is 2.58 bits per heavy atom. The van der Waals surface area contributed by atoms with E-state index in [9.17, 15) is 0 Å². The molecule has 0 radical (unpaired) electrons. The molecule has 4 aliphatic rings. The maximum Gasteiger partial charge on any atom is 0.193 e. The molecule has 4 fully saturated rings. The Morgan fingerprint density at radius 2 is 1.92 bits per heavy atom. The number of aliphatic imine (C=N–C) groups is 1. The van der Waals surface area contributed by atoms with Crippen molar-refractivity contribution in [2.75, 3.05) is 27.2 Å². The van der Waals surface area contributed by atoms with Crippen molar-refractivity contribution in [3.63, 3.8) is 0 Å². The quantitative estimate of drug-likeness (QED) is 0.668. The first-order valence-electron chi connectivity index (χ1n) is 9.91. The van der Waals surface area contributed by atoms with Crippen molar-refractivity contribution < 1.29 is 9.47 Å². The number of para-hydroxylation sites is 1. The van der Waals surface area contributed by atoms with Crippen LogP contribution in [0.1, 0.15) is 31.7 Å². The van der Waals surface area contributed by atoms with Crippen molar-refractivity contribution in [3.8, 4) is 5.75 Å². The molecule has 6 unspecified atom stereocenters. The van der Waals surface area contributed by atoms with E-state index in [2.05, 4.69) is 40.3 Å². The molecule has 6 atom stereocenters. The SMILES string of the molecule is CN=C(NC1CC1(C)c1ccccc1OC)N1CC2C3CCC(O3)C2C1. The molecular formula is C21H29N3O2. The molecule has 3 aliphatic heterocycles. The summed E-state index contributed by atoms with van der Waals surface area (Å²) >= 11 is 0. The smallest absolute Gasteiger partial charge is 0.193 e. The minimum Gasteiger partial charge on any atom is -0.496 e. The highest BCUT2D eigenvalue weighted by Gasteiger charge is 2.56. The van der Waals surface area contributed by atoms with E-state index in [4.69, 9.17) is 9.47 Å². The minimum absolute atomic E-state index is 0.111. The summed E-state index contributed by atoms with van der Waals surface area (Å²) in [6.07, 6.45) is 4.60. The summed E-state index contributed by atoms with van der Waals surface area (Å²) in [6, 6.07) is 8.80. The monoisotopic (exact) mass is 355 g/mol. The molecule has 0 spiro atoms. The van der Waals surface area contributed by atoms with Gasteiger partial charge in [-0.3, -0.25) is 4.99 Å². The zero-order valence-corrected chi connectivity index (χ0v) is 15.9. The van der Waals surface area contributed by atoms with E-state index in [0.717, 1.165) is 31.2 Å². The van der Waals surface area contributed by atoms with E-state index in [1.54, 1.807) is 7.11 Å². The predicted octanol–water partition coefficient (Wildman–Crippen LogP) is 2.41. The van der Waals surface area contributed by atoms with Gasteiger partial charge in [-0.15, -0.1) is 0 Å². The van der Waals surface area contributed by atoms with Gasteiger partial charge in [0, 0.05) is 49.0 Å². The molecule has 1 aromatic carbocycles. The first kappa shape index (κ1) is 16.4. The number of nitrogens with zero attached hydrogens (tertiary/aromatic N) is 2. The minimum atomic E-state index is 0.111. The van der Waals surface area contributed by atoms with E-state index in [-0.39, 0.29) is 5.41 Å². The molecular weight excluding hydrogens is 326 g/mol. The Bertz CT molecular complexity index is 718. The summed E-state index contributed by atoms with van der Waals surface area (Å²) < 4.78 is 11.7. The molecule has 1 aliphatic carbocycles. The highest BCUT2D eigenvalue weighted by Crippen LogP contribution is 2.51. The van der Waals surface area contributed by atoms with Gasteiger partial charge >= 0.3 is 0 Å². The number of fused-ring (bicyclic) bond motifs is 5. The maximum absolute atomic E-state index is 6.11. The Morgan fingerprint density at radius 1 is 1.23 bits per heavy atom. The van der Waals surface area contributed by atoms with Crippen LogP contribution in [0.4, 0.5) is 0 Å². The molecule has 0 amide bonds. The largest absolute Gasteiger partial charge is 0.496 e. The molecule has 5 nitrogen and oxygen atoms in total. The summed E-state index contributed by atoms with van der Waals surface area (Å²) in [4.78, 5) is 7.07. The lowest BCUT2D eigenvalue weighted by Gasteiger charge is -2.25. The second kappa shape index (κ2) is 5.88. The maximum atomic E-state index is 6.11. The van der Waals surface area contributed by atoms with Gasteiger partial charge in [0.25, 0.3) is 0 Å². The van der Waals surface area contributed by atoms with Crippen LogP contribution in [0, 0.1) is 11.8 Å². The summed E-state index contributed by atoms with van der Waals surface area (Å²) in [5.41, 5.74) is 1.40. The molecule has 3 heterocycles. The highest BCUT2D eigenvalue weighted by atomic mass is 16.5. The first-order chi connectivity index (χ1) is 12.6. The number of hydrogen-bond donors (Lipinski definition) is 1. The fourth-order valence-corrected chi connectivity index (χ4v) is 5.58. The van der Waals surface area contributed by atoms with Crippen LogP contribution < -0.4 is 10.1 Å². The zero-order chi connectivity index (χ0) is 17.9. The van der Waals surface area contributed by atoms with Crippen molar-refractivity contribution in [3.05, 3.63) is 29.8 Å². The molecule has 5 rings (SSSR count). The van der Waals surface area contributed by atoms with E-state index < -0.39 is 0 Å². The van der Waals surface area contributed by atoms with E-state index in [1.165, 1.54) is 18.4 Å². The van der Waals surface area contributed by atoms with Gasteiger partial charge in [-0.25, -0.2) is 0 Å². The van der Waals surface area contributed by atoms with Crippen molar-refractivity contribution in [1.82, 2.24) is 10.2 Å². The van der Waals surface area contributed by atoms with E-state index >= 15 is 0 Å². The van der Waals surface area contributed by atoms with Gasteiger partial charge in [0.2, 0.25) is 0 Å². The molecule has 1 saturated carbocycles. The fraction of sp³-hybridized carbons (Fsp3) is 0.667. The molecule has 1 aromatic rings. The highest BCUT2D eigenvalue weighted by molar-refractivity contribution is 5.81. The van der Waals surface area contributed by atoms with Crippen LogP contribution >= 0.6 is 0 Å². The Kier molecular flexibility index (Phi) is 3.71. The number of likely N-dealkylation sites (tertiary alicyclic amines) is 1.